The number of benzene rings is 2. The quantitative estimate of drug-likeness (QED) is 0.695. The summed E-state index contributed by atoms with van der Waals surface area (Å²) in [7, 11) is 0. The molecular formula is C17H12ClF6NO. The van der Waals surface area contributed by atoms with Crippen LogP contribution in [0.25, 0.3) is 0 Å². The van der Waals surface area contributed by atoms with Gasteiger partial charge in [0.15, 0.2) is 0 Å². The number of halogens is 7. The average Bonchev–Trinajstić information content (AvgIpc) is 2.52. The van der Waals surface area contributed by atoms with Crippen LogP contribution in [0.4, 0.5) is 26.3 Å². The second kappa shape index (κ2) is 7.57. The molecule has 1 amide bonds. The highest BCUT2D eigenvalue weighted by molar-refractivity contribution is 6.30. The molecule has 0 aliphatic heterocycles. The fourth-order valence-electron chi connectivity index (χ4n) is 2.20. The summed E-state index contributed by atoms with van der Waals surface area (Å²) in [4.78, 5) is 12.0. The molecule has 0 fully saturated rings. The summed E-state index contributed by atoms with van der Waals surface area (Å²) in [6.07, 6.45) is -9.69. The predicted molar refractivity (Wildman–Crippen MR) is 83.9 cm³/mol. The van der Waals surface area contributed by atoms with E-state index in [4.69, 9.17) is 11.6 Å². The maximum Gasteiger partial charge on any atom is 0.416 e. The van der Waals surface area contributed by atoms with Crippen molar-refractivity contribution in [2.75, 3.05) is 6.54 Å². The van der Waals surface area contributed by atoms with Gasteiger partial charge in [-0.15, -0.1) is 0 Å². The van der Waals surface area contributed by atoms with Gasteiger partial charge in [0.1, 0.15) is 0 Å². The molecule has 0 radical (unpaired) electrons. The van der Waals surface area contributed by atoms with E-state index >= 15 is 0 Å². The van der Waals surface area contributed by atoms with E-state index in [2.05, 4.69) is 5.32 Å². The molecule has 9 heteroatoms. The van der Waals surface area contributed by atoms with Crippen LogP contribution in [-0.4, -0.2) is 12.5 Å². The Morgan fingerprint density at radius 2 is 1.50 bits per heavy atom. The number of hydrogen-bond acceptors (Lipinski definition) is 1. The van der Waals surface area contributed by atoms with E-state index in [-0.39, 0.29) is 12.6 Å². The third kappa shape index (κ3) is 5.39. The van der Waals surface area contributed by atoms with E-state index in [0.29, 0.717) is 23.6 Å². The monoisotopic (exact) mass is 395 g/mol. The zero-order valence-electron chi connectivity index (χ0n) is 13.0. The molecule has 0 aromatic heterocycles. The maximum atomic E-state index is 12.8. The van der Waals surface area contributed by atoms with Gasteiger partial charge in [-0.05, 0) is 42.3 Å². The van der Waals surface area contributed by atoms with Crippen LogP contribution in [0.5, 0.6) is 0 Å². The molecule has 0 bridgehead atoms. The molecule has 1 N–H and O–H groups in total. The number of carbonyl (C=O) groups excluding carboxylic acids is 1. The number of carbonyl (C=O) groups is 1. The standard InChI is InChI=1S/C17H12ClF6NO/c18-14-3-1-2-10(6-14)4-5-25-15(26)11-7-12(16(19,20)21)9-13(8-11)17(22,23)24/h1-3,6-9H,4-5H2,(H,25,26). The van der Waals surface area contributed by atoms with E-state index in [1.54, 1.807) is 24.3 Å². The highest BCUT2D eigenvalue weighted by Crippen LogP contribution is 2.36. The first-order valence-corrected chi connectivity index (χ1v) is 7.67. The molecule has 2 nitrogen and oxygen atoms in total. The minimum absolute atomic E-state index is 0.0246. The summed E-state index contributed by atoms with van der Waals surface area (Å²) >= 11 is 5.80. The fourth-order valence-corrected chi connectivity index (χ4v) is 2.41. The largest absolute Gasteiger partial charge is 0.416 e. The molecule has 0 aliphatic rings. The zero-order valence-corrected chi connectivity index (χ0v) is 13.8. The van der Waals surface area contributed by atoms with Crippen molar-refractivity contribution in [1.82, 2.24) is 5.32 Å². The molecule has 0 spiro atoms. The second-order valence-electron chi connectivity index (χ2n) is 5.43. The van der Waals surface area contributed by atoms with Gasteiger partial charge in [-0.3, -0.25) is 4.79 Å². The van der Waals surface area contributed by atoms with E-state index in [1.165, 1.54) is 0 Å². The molecule has 26 heavy (non-hydrogen) atoms. The molecule has 0 unspecified atom stereocenters. The molecule has 2 aromatic carbocycles. The molecule has 0 saturated carbocycles. The lowest BCUT2D eigenvalue weighted by atomic mass is 10.0. The summed E-state index contributed by atoms with van der Waals surface area (Å²) in [5.74, 6) is -1.02. The van der Waals surface area contributed by atoms with Gasteiger partial charge in [0, 0.05) is 17.1 Å². The molecule has 0 atom stereocenters. The fraction of sp³-hybridized carbons (Fsp3) is 0.235. The number of rotatable bonds is 4. The normalized spacial score (nSPS) is 12.1. The van der Waals surface area contributed by atoms with Gasteiger partial charge >= 0.3 is 12.4 Å². The zero-order chi connectivity index (χ0) is 19.5. The third-order valence-corrected chi connectivity index (χ3v) is 3.67. The lowest BCUT2D eigenvalue weighted by molar-refractivity contribution is -0.143. The Morgan fingerprint density at radius 3 is 2.00 bits per heavy atom. The van der Waals surface area contributed by atoms with Gasteiger partial charge in [0.25, 0.3) is 5.91 Å². The first-order chi connectivity index (χ1) is 12.0. The first-order valence-electron chi connectivity index (χ1n) is 7.29. The molecule has 0 saturated heterocycles. The predicted octanol–water partition coefficient (Wildman–Crippen LogP) is 5.35. The van der Waals surface area contributed by atoms with E-state index in [9.17, 15) is 31.1 Å². The van der Waals surface area contributed by atoms with E-state index in [0.717, 1.165) is 5.56 Å². The van der Waals surface area contributed by atoms with E-state index in [1.807, 2.05) is 0 Å². The van der Waals surface area contributed by atoms with Gasteiger partial charge in [-0.1, -0.05) is 23.7 Å². The first kappa shape index (κ1) is 20.1. The second-order valence-corrected chi connectivity index (χ2v) is 5.87. The number of amides is 1. The van der Waals surface area contributed by atoms with Crippen molar-refractivity contribution >= 4 is 17.5 Å². The van der Waals surface area contributed by atoms with Crippen LogP contribution in [-0.2, 0) is 18.8 Å². The smallest absolute Gasteiger partial charge is 0.352 e. The van der Waals surface area contributed by atoms with Gasteiger partial charge in [0.05, 0.1) is 11.1 Å². The van der Waals surface area contributed by atoms with Crippen LogP contribution < -0.4 is 5.32 Å². The Bertz CT molecular complexity index is 768. The summed E-state index contributed by atoms with van der Waals surface area (Å²) in [6, 6.07) is 7.45. The Balaban J connectivity index is 2.17. The van der Waals surface area contributed by atoms with Crippen LogP contribution >= 0.6 is 11.6 Å². The molecule has 2 rings (SSSR count). The van der Waals surface area contributed by atoms with Crippen LogP contribution in [0.15, 0.2) is 42.5 Å². The van der Waals surface area contributed by atoms with Crippen molar-refractivity contribution in [3.63, 3.8) is 0 Å². The SMILES string of the molecule is O=C(NCCc1cccc(Cl)c1)c1cc(C(F)(F)F)cc(C(F)(F)F)c1. The maximum absolute atomic E-state index is 12.8. The number of hydrogen-bond donors (Lipinski definition) is 1. The third-order valence-electron chi connectivity index (χ3n) is 3.44. The molecule has 140 valence electrons. The molecular weight excluding hydrogens is 384 g/mol. The Kier molecular flexibility index (Phi) is 5.85. The van der Waals surface area contributed by atoms with Gasteiger partial charge < -0.3 is 5.32 Å². The minimum Gasteiger partial charge on any atom is -0.352 e. The van der Waals surface area contributed by atoms with Crippen molar-refractivity contribution in [2.45, 2.75) is 18.8 Å². The summed E-state index contributed by atoms with van der Waals surface area (Å²) in [5, 5.41) is 2.78. The Hall–Kier alpha value is -2.22. The van der Waals surface area contributed by atoms with Crippen molar-refractivity contribution in [3.05, 3.63) is 69.7 Å². The summed E-state index contributed by atoms with van der Waals surface area (Å²) in [5.41, 5.74) is -3.02. The van der Waals surface area contributed by atoms with Crippen molar-refractivity contribution in [3.8, 4) is 0 Å². The highest BCUT2D eigenvalue weighted by Gasteiger charge is 2.37. The van der Waals surface area contributed by atoms with Gasteiger partial charge in [-0.2, -0.15) is 26.3 Å². The van der Waals surface area contributed by atoms with Gasteiger partial charge in [0.2, 0.25) is 0 Å². The lowest BCUT2D eigenvalue weighted by Gasteiger charge is -2.14. The van der Waals surface area contributed by atoms with Crippen LogP contribution in [0.2, 0.25) is 5.02 Å². The summed E-state index contributed by atoms with van der Waals surface area (Å²) < 4.78 is 76.8. The topological polar surface area (TPSA) is 29.1 Å². The number of alkyl halides is 6. The Labute approximate surface area is 149 Å². The van der Waals surface area contributed by atoms with Gasteiger partial charge in [-0.25, -0.2) is 0 Å². The minimum atomic E-state index is -5.00. The van der Waals surface area contributed by atoms with Crippen molar-refractivity contribution in [1.29, 1.82) is 0 Å². The lowest BCUT2D eigenvalue weighted by Crippen LogP contribution is -2.26. The van der Waals surface area contributed by atoms with Crippen LogP contribution in [0, 0.1) is 0 Å². The van der Waals surface area contributed by atoms with Crippen molar-refractivity contribution in [2.24, 2.45) is 0 Å². The molecule has 0 aliphatic carbocycles. The van der Waals surface area contributed by atoms with Crippen LogP contribution in [0.1, 0.15) is 27.0 Å². The van der Waals surface area contributed by atoms with Crippen LogP contribution in [0.3, 0.4) is 0 Å². The highest BCUT2D eigenvalue weighted by atomic mass is 35.5. The summed E-state index contributed by atoms with van der Waals surface area (Å²) in [6.45, 7) is 0.0246. The van der Waals surface area contributed by atoms with Crippen molar-refractivity contribution < 1.29 is 31.1 Å². The average molecular weight is 396 g/mol. The Morgan fingerprint density at radius 1 is 0.923 bits per heavy atom. The molecule has 2 aromatic rings. The van der Waals surface area contributed by atoms with E-state index < -0.39 is 35.0 Å². The number of nitrogens with one attached hydrogen (secondary N) is 1. The molecule has 0 heterocycles.